The molecule has 1 saturated carbocycles. The molecule has 1 aliphatic carbocycles. The van der Waals surface area contributed by atoms with Gasteiger partial charge in [-0.25, -0.2) is 0 Å². The predicted molar refractivity (Wildman–Crippen MR) is 115 cm³/mol. The molecule has 0 atom stereocenters. The van der Waals surface area contributed by atoms with Crippen LogP contribution in [0.25, 0.3) is 16.7 Å². The molecule has 2 N–H and O–H groups in total. The van der Waals surface area contributed by atoms with Crippen molar-refractivity contribution in [3.8, 4) is 11.1 Å². The number of benzene rings is 2. The number of halogens is 2. The molecule has 2 aromatic carbocycles. The molecule has 0 bridgehead atoms. The van der Waals surface area contributed by atoms with E-state index in [4.69, 9.17) is 23.2 Å². The molecule has 3 nitrogen and oxygen atoms in total. The average Bonchev–Trinajstić information content (AvgIpc) is 2.90. The van der Waals surface area contributed by atoms with Crippen molar-refractivity contribution in [3.05, 3.63) is 63.8 Å². The molecule has 0 radical (unpaired) electrons. The van der Waals surface area contributed by atoms with Gasteiger partial charge >= 0.3 is 0 Å². The van der Waals surface area contributed by atoms with Crippen molar-refractivity contribution < 1.29 is 9.90 Å². The van der Waals surface area contributed by atoms with Crippen LogP contribution >= 0.6 is 23.2 Å². The first kappa shape index (κ1) is 19.4. The van der Waals surface area contributed by atoms with E-state index in [1.165, 1.54) is 0 Å². The maximum Gasteiger partial charge on any atom is 0.256 e. The monoisotopic (exact) mass is 415 g/mol. The molecule has 4 rings (SSSR count). The van der Waals surface area contributed by atoms with Gasteiger partial charge < -0.3 is 10.4 Å². The number of rotatable bonds is 2. The van der Waals surface area contributed by atoms with E-state index in [0.717, 1.165) is 36.8 Å². The maximum absolute atomic E-state index is 12.9. The standard InChI is InChI=1S/C23H23Cl2NO2/c1-22(2)9-11-23(12-10-22)20(27)19(21(28)26-23)17-13-15(5-8-18(17)25)14-3-6-16(24)7-4-14/h3-8,13,27H,9-12H2,1-2H3,(H,26,28). The van der Waals surface area contributed by atoms with Crippen LogP contribution in [0, 0.1) is 5.41 Å². The van der Waals surface area contributed by atoms with Crippen LogP contribution in [0.15, 0.2) is 48.2 Å². The predicted octanol–water partition coefficient (Wildman–Crippen LogP) is 6.40. The number of aliphatic hydroxyl groups is 1. The minimum Gasteiger partial charge on any atom is -0.509 e. The summed E-state index contributed by atoms with van der Waals surface area (Å²) < 4.78 is 0. The van der Waals surface area contributed by atoms with Crippen LogP contribution in [0.3, 0.4) is 0 Å². The molecular weight excluding hydrogens is 393 g/mol. The van der Waals surface area contributed by atoms with Crippen molar-refractivity contribution in [1.29, 1.82) is 0 Å². The van der Waals surface area contributed by atoms with Gasteiger partial charge in [-0.2, -0.15) is 0 Å². The summed E-state index contributed by atoms with van der Waals surface area (Å²) in [6.07, 6.45) is 3.36. The van der Waals surface area contributed by atoms with Gasteiger partial charge in [-0.05, 0) is 66.5 Å². The molecular formula is C23H23Cl2NO2. The normalized spacial score (nSPS) is 20.5. The third-order valence-electron chi connectivity index (χ3n) is 6.14. The van der Waals surface area contributed by atoms with E-state index in [0.29, 0.717) is 21.2 Å². The fourth-order valence-electron chi connectivity index (χ4n) is 4.19. The van der Waals surface area contributed by atoms with Crippen LogP contribution in [0.4, 0.5) is 0 Å². The summed E-state index contributed by atoms with van der Waals surface area (Å²) in [5.74, 6) is -0.129. The van der Waals surface area contributed by atoms with Gasteiger partial charge in [0.1, 0.15) is 5.76 Å². The lowest BCUT2D eigenvalue weighted by molar-refractivity contribution is -0.116. The van der Waals surface area contributed by atoms with Gasteiger partial charge in [0.05, 0.1) is 11.1 Å². The van der Waals surface area contributed by atoms with Gasteiger partial charge in [0.25, 0.3) is 5.91 Å². The smallest absolute Gasteiger partial charge is 0.256 e. The van der Waals surface area contributed by atoms with Crippen molar-refractivity contribution in [2.45, 2.75) is 45.1 Å². The number of carbonyl (C=O) groups is 1. The van der Waals surface area contributed by atoms with Gasteiger partial charge in [-0.3, -0.25) is 4.79 Å². The molecule has 1 amide bonds. The molecule has 146 valence electrons. The van der Waals surface area contributed by atoms with Gasteiger partial charge in [-0.1, -0.05) is 55.2 Å². The quantitative estimate of drug-likeness (QED) is 0.595. The molecule has 2 aromatic rings. The lowest BCUT2D eigenvalue weighted by Crippen LogP contribution is -2.48. The van der Waals surface area contributed by atoms with E-state index in [2.05, 4.69) is 19.2 Å². The topological polar surface area (TPSA) is 49.3 Å². The fourth-order valence-corrected chi connectivity index (χ4v) is 4.53. The molecule has 5 heteroatoms. The lowest BCUT2D eigenvalue weighted by Gasteiger charge is -2.41. The summed E-state index contributed by atoms with van der Waals surface area (Å²) in [5.41, 5.74) is 2.29. The second-order valence-electron chi connectivity index (χ2n) is 8.63. The molecule has 1 heterocycles. The van der Waals surface area contributed by atoms with Crippen LogP contribution in [0.5, 0.6) is 0 Å². The maximum atomic E-state index is 12.9. The van der Waals surface area contributed by atoms with E-state index in [1.807, 2.05) is 36.4 Å². The molecule has 1 aliphatic heterocycles. The highest BCUT2D eigenvalue weighted by Crippen LogP contribution is 2.47. The van der Waals surface area contributed by atoms with E-state index < -0.39 is 5.54 Å². The zero-order valence-corrected chi connectivity index (χ0v) is 17.5. The second kappa shape index (κ2) is 6.82. The highest BCUT2D eigenvalue weighted by atomic mass is 35.5. The Bertz CT molecular complexity index is 967. The van der Waals surface area contributed by atoms with Crippen molar-refractivity contribution in [2.24, 2.45) is 5.41 Å². The number of aliphatic hydroxyl groups excluding tert-OH is 1. The van der Waals surface area contributed by atoms with Gasteiger partial charge in [0.2, 0.25) is 0 Å². The summed E-state index contributed by atoms with van der Waals surface area (Å²) in [7, 11) is 0. The van der Waals surface area contributed by atoms with Gasteiger partial charge in [-0.15, -0.1) is 0 Å². The average molecular weight is 416 g/mol. The molecule has 28 heavy (non-hydrogen) atoms. The van der Waals surface area contributed by atoms with Crippen LogP contribution in [-0.2, 0) is 4.79 Å². The first-order valence-electron chi connectivity index (χ1n) is 9.53. The number of nitrogens with one attached hydrogen (secondary N) is 1. The van der Waals surface area contributed by atoms with Crippen molar-refractivity contribution in [3.63, 3.8) is 0 Å². The molecule has 1 spiro atoms. The van der Waals surface area contributed by atoms with E-state index >= 15 is 0 Å². The number of amides is 1. The molecule has 2 aliphatic rings. The van der Waals surface area contributed by atoms with E-state index in [-0.39, 0.29) is 17.1 Å². The molecule has 0 saturated heterocycles. The highest BCUT2D eigenvalue weighted by molar-refractivity contribution is 6.36. The third-order valence-corrected chi connectivity index (χ3v) is 6.72. The zero-order chi connectivity index (χ0) is 20.1. The van der Waals surface area contributed by atoms with E-state index in [1.54, 1.807) is 6.07 Å². The van der Waals surface area contributed by atoms with Crippen molar-refractivity contribution >= 4 is 34.7 Å². The summed E-state index contributed by atoms with van der Waals surface area (Å²) in [4.78, 5) is 12.9. The molecule has 0 unspecified atom stereocenters. The number of hydrogen-bond acceptors (Lipinski definition) is 2. The van der Waals surface area contributed by atoms with Gasteiger partial charge in [0.15, 0.2) is 0 Å². The van der Waals surface area contributed by atoms with Crippen LogP contribution in [0.1, 0.15) is 45.1 Å². The van der Waals surface area contributed by atoms with Crippen molar-refractivity contribution in [1.82, 2.24) is 5.32 Å². The Morgan fingerprint density at radius 2 is 1.54 bits per heavy atom. The van der Waals surface area contributed by atoms with Crippen molar-refractivity contribution in [2.75, 3.05) is 0 Å². The first-order chi connectivity index (χ1) is 13.2. The SMILES string of the molecule is CC1(C)CCC2(CC1)NC(=O)C(c1cc(-c3ccc(Cl)cc3)ccc1Cl)=C2O. The third kappa shape index (κ3) is 3.31. The Balaban J connectivity index is 1.76. The minimum atomic E-state index is -0.665. The number of carbonyl (C=O) groups excluding carboxylic acids is 1. The van der Waals surface area contributed by atoms with Crippen LogP contribution < -0.4 is 5.32 Å². The second-order valence-corrected chi connectivity index (χ2v) is 9.47. The first-order valence-corrected chi connectivity index (χ1v) is 10.3. The Morgan fingerprint density at radius 1 is 0.929 bits per heavy atom. The zero-order valence-electron chi connectivity index (χ0n) is 16.0. The molecule has 1 fully saturated rings. The Labute approximate surface area is 175 Å². The Hall–Kier alpha value is -1.97. The Morgan fingerprint density at radius 3 is 2.18 bits per heavy atom. The summed E-state index contributed by atoms with van der Waals surface area (Å²) in [6, 6.07) is 13.0. The minimum absolute atomic E-state index is 0.128. The summed E-state index contributed by atoms with van der Waals surface area (Å²) in [6.45, 7) is 4.45. The largest absolute Gasteiger partial charge is 0.509 e. The van der Waals surface area contributed by atoms with Gasteiger partial charge in [0, 0.05) is 15.6 Å². The van der Waals surface area contributed by atoms with Crippen LogP contribution in [0.2, 0.25) is 10.0 Å². The fraction of sp³-hybridized carbons (Fsp3) is 0.348. The highest BCUT2D eigenvalue weighted by Gasteiger charge is 2.49. The number of hydrogen-bond donors (Lipinski definition) is 2. The summed E-state index contributed by atoms with van der Waals surface area (Å²) in [5, 5.41) is 15.3. The van der Waals surface area contributed by atoms with Crippen LogP contribution in [-0.4, -0.2) is 16.6 Å². The Kier molecular flexibility index (Phi) is 4.71. The lowest BCUT2D eigenvalue weighted by atomic mass is 9.69. The van der Waals surface area contributed by atoms with E-state index in [9.17, 15) is 9.90 Å². The molecule has 0 aromatic heterocycles. The summed E-state index contributed by atoms with van der Waals surface area (Å²) >= 11 is 12.4.